The van der Waals surface area contributed by atoms with Crippen LogP contribution in [-0.2, 0) is 9.53 Å². The summed E-state index contributed by atoms with van der Waals surface area (Å²) in [4.78, 5) is 11.0. The van der Waals surface area contributed by atoms with E-state index in [1.807, 2.05) is 12.1 Å². The summed E-state index contributed by atoms with van der Waals surface area (Å²) in [5.41, 5.74) is 0.720. The molecule has 4 heteroatoms. The molecular formula is C11H10O4. The normalized spacial score (nSPS) is 19.7. The van der Waals surface area contributed by atoms with Crippen LogP contribution < -0.4 is 4.74 Å². The molecule has 0 fully saturated rings. The van der Waals surface area contributed by atoms with Crippen molar-refractivity contribution in [1.29, 1.82) is 0 Å². The van der Waals surface area contributed by atoms with Gasteiger partial charge in [0.1, 0.15) is 5.75 Å². The molecule has 0 bridgehead atoms. The van der Waals surface area contributed by atoms with E-state index in [9.17, 15) is 4.79 Å². The maximum absolute atomic E-state index is 11.0. The van der Waals surface area contributed by atoms with Gasteiger partial charge in [0, 0.05) is 11.6 Å². The molecule has 2 rings (SSSR count). The fraction of sp³-hybridized carbons (Fsp3) is 0.182. The van der Waals surface area contributed by atoms with Crippen molar-refractivity contribution in [3.63, 3.8) is 0 Å². The lowest BCUT2D eigenvalue weighted by Crippen LogP contribution is -2.03. The highest BCUT2D eigenvalue weighted by Gasteiger charge is 2.28. The Bertz CT molecular complexity index is 422. The van der Waals surface area contributed by atoms with E-state index in [4.69, 9.17) is 14.6 Å². The van der Waals surface area contributed by atoms with Crippen molar-refractivity contribution >= 4 is 5.97 Å². The van der Waals surface area contributed by atoms with Gasteiger partial charge in [-0.3, -0.25) is 0 Å². The zero-order chi connectivity index (χ0) is 10.8. The van der Waals surface area contributed by atoms with Gasteiger partial charge >= 0.3 is 5.97 Å². The number of ether oxygens (including phenoxy) is 2. The van der Waals surface area contributed by atoms with Crippen LogP contribution in [0.5, 0.6) is 5.75 Å². The molecule has 1 aromatic carbocycles. The van der Waals surface area contributed by atoms with Crippen LogP contribution in [-0.4, -0.2) is 18.2 Å². The molecule has 78 valence electrons. The number of benzene rings is 1. The van der Waals surface area contributed by atoms with E-state index in [0.29, 0.717) is 5.75 Å². The molecule has 1 atom stereocenters. The largest absolute Gasteiger partial charge is 0.502 e. The number of aliphatic hydroxyl groups is 1. The Kier molecular flexibility index (Phi) is 2.33. The fourth-order valence-electron chi connectivity index (χ4n) is 1.48. The van der Waals surface area contributed by atoms with E-state index in [2.05, 4.69) is 0 Å². The highest BCUT2D eigenvalue weighted by molar-refractivity contribution is 5.88. The summed E-state index contributed by atoms with van der Waals surface area (Å²) < 4.78 is 10.1. The standard InChI is InChI=1S/C11H10O4/c1-14-9-5-3-2-4-7(9)10-6-8(12)11(13)15-10/h2-6,10,12H,1H3. The van der Waals surface area contributed by atoms with Crippen molar-refractivity contribution in [3.8, 4) is 5.75 Å². The van der Waals surface area contributed by atoms with Crippen LogP contribution >= 0.6 is 0 Å². The molecule has 0 aliphatic carbocycles. The molecule has 0 saturated heterocycles. The van der Waals surface area contributed by atoms with Crippen molar-refractivity contribution in [1.82, 2.24) is 0 Å². The van der Waals surface area contributed by atoms with Gasteiger partial charge in [0.15, 0.2) is 6.10 Å². The third kappa shape index (κ3) is 1.66. The van der Waals surface area contributed by atoms with Crippen LogP contribution in [0.1, 0.15) is 11.7 Å². The molecule has 1 aromatic rings. The Morgan fingerprint density at radius 1 is 1.40 bits per heavy atom. The van der Waals surface area contributed by atoms with E-state index in [-0.39, 0.29) is 5.76 Å². The highest BCUT2D eigenvalue weighted by Crippen LogP contribution is 2.32. The number of aliphatic hydroxyl groups excluding tert-OH is 1. The van der Waals surface area contributed by atoms with E-state index in [1.54, 1.807) is 19.2 Å². The maximum Gasteiger partial charge on any atom is 0.374 e. The zero-order valence-corrected chi connectivity index (χ0v) is 8.14. The number of carbonyl (C=O) groups excluding carboxylic acids is 1. The molecule has 0 saturated carbocycles. The van der Waals surface area contributed by atoms with E-state index < -0.39 is 12.1 Å². The number of hydrogen-bond acceptors (Lipinski definition) is 4. The van der Waals surface area contributed by atoms with Gasteiger partial charge in [0.25, 0.3) is 0 Å². The predicted molar refractivity (Wildman–Crippen MR) is 52.5 cm³/mol. The molecular weight excluding hydrogens is 196 g/mol. The number of para-hydroxylation sites is 1. The molecule has 0 spiro atoms. The van der Waals surface area contributed by atoms with Gasteiger partial charge in [-0.15, -0.1) is 0 Å². The number of carbonyl (C=O) groups is 1. The van der Waals surface area contributed by atoms with Gasteiger partial charge in [-0.2, -0.15) is 0 Å². The van der Waals surface area contributed by atoms with Gasteiger partial charge in [-0.05, 0) is 6.07 Å². The summed E-state index contributed by atoms with van der Waals surface area (Å²) in [6, 6.07) is 7.19. The highest BCUT2D eigenvalue weighted by atomic mass is 16.6. The molecule has 15 heavy (non-hydrogen) atoms. The first-order valence-corrected chi connectivity index (χ1v) is 4.47. The minimum absolute atomic E-state index is 0.356. The summed E-state index contributed by atoms with van der Waals surface area (Å²) in [5, 5.41) is 9.14. The Labute approximate surface area is 86.7 Å². The monoisotopic (exact) mass is 206 g/mol. The first-order valence-electron chi connectivity index (χ1n) is 4.47. The van der Waals surface area contributed by atoms with Crippen LogP contribution in [0.3, 0.4) is 0 Å². The Morgan fingerprint density at radius 3 is 2.73 bits per heavy atom. The number of esters is 1. The maximum atomic E-state index is 11.0. The van der Waals surface area contributed by atoms with E-state index in [1.165, 1.54) is 6.08 Å². The molecule has 0 aromatic heterocycles. The lowest BCUT2D eigenvalue weighted by molar-refractivity contribution is -0.142. The molecule has 0 radical (unpaired) electrons. The third-order valence-electron chi connectivity index (χ3n) is 2.20. The van der Waals surface area contributed by atoms with E-state index >= 15 is 0 Å². The molecule has 1 aliphatic rings. The van der Waals surface area contributed by atoms with Crippen molar-refractivity contribution in [2.45, 2.75) is 6.10 Å². The Morgan fingerprint density at radius 2 is 2.13 bits per heavy atom. The van der Waals surface area contributed by atoms with Gasteiger partial charge < -0.3 is 14.6 Å². The number of methoxy groups -OCH3 is 1. The van der Waals surface area contributed by atoms with E-state index in [0.717, 1.165) is 5.56 Å². The average Bonchev–Trinajstić information content (AvgIpc) is 2.59. The van der Waals surface area contributed by atoms with Gasteiger partial charge in [0.05, 0.1) is 7.11 Å². The molecule has 1 heterocycles. The predicted octanol–water partition coefficient (Wildman–Crippen LogP) is 1.73. The smallest absolute Gasteiger partial charge is 0.374 e. The quantitative estimate of drug-likeness (QED) is 0.749. The van der Waals surface area contributed by atoms with Gasteiger partial charge in [-0.25, -0.2) is 4.79 Å². The summed E-state index contributed by atoms with van der Waals surface area (Å²) in [5.74, 6) is -0.432. The Balaban J connectivity index is 2.35. The topological polar surface area (TPSA) is 55.8 Å². The summed E-state index contributed by atoms with van der Waals surface area (Å²) in [7, 11) is 1.54. The molecule has 1 N–H and O–H groups in total. The molecule has 4 nitrogen and oxygen atoms in total. The first-order chi connectivity index (χ1) is 7.22. The first kappa shape index (κ1) is 9.58. The average molecular weight is 206 g/mol. The Hall–Kier alpha value is -1.97. The molecule has 1 aliphatic heterocycles. The molecule has 1 unspecified atom stereocenters. The second-order valence-electron chi connectivity index (χ2n) is 3.12. The van der Waals surface area contributed by atoms with Crippen LogP contribution in [0, 0.1) is 0 Å². The zero-order valence-electron chi connectivity index (χ0n) is 8.14. The summed E-state index contributed by atoms with van der Waals surface area (Å²) >= 11 is 0. The van der Waals surface area contributed by atoms with Crippen LogP contribution in [0.25, 0.3) is 0 Å². The lowest BCUT2D eigenvalue weighted by atomic mass is 10.1. The van der Waals surface area contributed by atoms with Crippen molar-refractivity contribution < 1.29 is 19.4 Å². The van der Waals surface area contributed by atoms with Crippen LogP contribution in [0.2, 0.25) is 0 Å². The summed E-state index contributed by atoms with van der Waals surface area (Å²) in [6.45, 7) is 0. The lowest BCUT2D eigenvalue weighted by Gasteiger charge is -2.12. The van der Waals surface area contributed by atoms with Crippen LogP contribution in [0.15, 0.2) is 36.1 Å². The molecule has 0 amide bonds. The third-order valence-corrected chi connectivity index (χ3v) is 2.20. The second-order valence-corrected chi connectivity index (χ2v) is 3.12. The minimum atomic E-state index is -0.703. The van der Waals surface area contributed by atoms with Gasteiger partial charge in [-0.1, -0.05) is 18.2 Å². The van der Waals surface area contributed by atoms with Crippen molar-refractivity contribution in [2.75, 3.05) is 7.11 Å². The number of cyclic esters (lactones) is 1. The van der Waals surface area contributed by atoms with Crippen molar-refractivity contribution in [2.24, 2.45) is 0 Å². The van der Waals surface area contributed by atoms with Crippen LogP contribution in [0.4, 0.5) is 0 Å². The number of rotatable bonds is 2. The van der Waals surface area contributed by atoms with Gasteiger partial charge in [0.2, 0.25) is 5.76 Å². The second kappa shape index (κ2) is 3.65. The fourth-order valence-corrected chi connectivity index (χ4v) is 1.48. The number of hydrogen-bond donors (Lipinski definition) is 1. The summed E-state index contributed by atoms with van der Waals surface area (Å²) in [6.07, 6.45) is 0.800. The minimum Gasteiger partial charge on any atom is -0.502 e. The van der Waals surface area contributed by atoms with Crippen molar-refractivity contribution in [3.05, 3.63) is 41.7 Å². The SMILES string of the molecule is COc1ccccc1C1C=C(O)C(=O)O1.